The van der Waals surface area contributed by atoms with Crippen molar-refractivity contribution < 1.29 is 58.7 Å². The topological polar surface area (TPSA) is 77.8 Å². The molecule has 0 fully saturated rings. The van der Waals surface area contributed by atoms with Crippen LogP contribution < -0.4 is 0 Å². The predicted molar refractivity (Wildman–Crippen MR) is 21.4 cm³/mol. The maximum absolute atomic E-state index is 8.88. The van der Waals surface area contributed by atoms with Crippen molar-refractivity contribution in [2.45, 2.75) is 0 Å². The monoisotopic (exact) mass is 269 g/mol. The van der Waals surface area contributed by atoms with Gasteiger partial charge in [0.05, 0.1) is 0 Å². The van der Waals surface area contributed by atoms with E-state index in [9.17, 15) is 0 Å². The Kier molecular flexibility index (Phi) is 25.2. The molecule has 0 aliphatic carbocycles. The summed E-state index contributed by atoms with van der Waals surface area (Å²) in [5, 5.41) is 0. The molecule has 8 heteroatoms. The van der Waals surface area contributed by atoms with E-state index in [-0.39, 0.29) is 58.3 Å². The quantitative estimate of drug-likeness (QED) is 0.366. The van der Waals surface area contributed by atoms with Crippen LogP contribution in [0.25, 0.3) is 0 Å². The molecule has 53 valence electrons. The Labute approximate surface area is 84.8 Å². The van der Waals surface area contributed by atoms with Gasteiger partial charge in [-0.15, -0.1) is 0 Å². The van der Waals surface area contributed by atoms with Crippen molar-refractivity contribution in [3.8, 4) is 0 Å². The first-order chi connectivity index (χ1) is 2.00. The fourth-order valence-corrected chi connectivity index (χ4v) is 0. The van der Waals surface area contributed by atoms with Crippen LogP contribution in [0.2, 0.25) is 0 Å². The van der Waals surface area contributed by atoms with Gasteiger partial charge in [-0.2, -0.15) is 0 Å². The van der Waals surface area contributed by atoms with E-state index in [2.05, 4.69) is 0 Å². The third-order valence-corrected chi connectivity index (χ3v) is 0. The summed E-state index contributed by atoms with van der Waals surface area (Å²) in [7, 11) is -4.64. The Morgan fingerprint density at radius 3 is 1.12 bits per heavy atom. The molecule has 0 heterocycles. The molecule has 0 aromatic carbocycles. The molecular formula is H4AgFeLiO4P. The molecule has 0 atom stereocenters. The summed E-state index contributed by atoms with van der Waals surface area (Å²) in [6.07, 6.45) is 0. The first kappa shape index (κ1) is 22.5. The summed E-state index contributed by atoms with van der Waals surface area (Å²) in [4.78, 5) is 21.6. The first-order valence-corrected chi connectivity index (χ1v) is 2.35. The molecule has 0 aliphatic heterocycles. The molecular weight excluding hydrogens is 266 g/mol. The summed E-state index contributed by atoms with van der Waals surface area (Å²) in [5.41, 5.74) is 0. The first-order valence-electron chi connectivity index (χ1n) is 0.783. The van der Waals surface area contributed by atoms with Crippen molar-refractivity contribution in [1.82, 2.24) is 0 Å². The van der Waals surface area contributed by atoms with Crippen molar-refractivity contribution in [2.75, 3.05) is 0 Å². The van der Waals surface area contributed by atoms with Crippen LogP contribution in [0.5, 0.6) is 0 Å². The van der Waals surface area contributed by atoms with E-state index < -0.39 is 7.82 Å². The molecule has 0 amide bonds. The fraction of sp³-hybridized carbons (Fsp3) is 0. The van der Waals surface area contributed by atoms with E-state index in [4.69, 9.17) is 19.2 Å². The minimum absolute atomic E-state index is 0. The van der Waals surface area contributed by atoms with Crippen molar-refractivity contribution in [3.05, 3.63) is 0 Å². The Hall–Kier alpha value is 1.97. The Balaban J connectivity index is -0.0000000267. The van der Waals surface area contributed by atoms with Crippen molar-refractivity contribution in [1.29, 1.82) is 0 Å². The Morgan fingerprint density at radius 1 is 1.12 bits per heavy atom. The van der Waals surface area contributed by atoms with Crippen molar-refractivity contribution >= 4 is 26.7 Å². The molecule has 0 aromatic rings. The zero-order valence-electron chi connectivity index (χ0n) is 2.85. The minimum atomic E-state index is -4.64. The summed E-state index contributed by atoms with van der Waals surface area (Å²) in [6.45, 7) is 0. The van der Waals surface area contributed by atoms with E-state index in [0.717, 1.165) is 0 Å². The average molecular weight is 270 g/mol. The number of hydrogen-bond acceptors (Lipinski definition) is 1. The van der Waals surface area contributed by atoms with Crippen molar-refractivity contribution in [2.24, 2.45) is 0 Å². The molecule has 0 rings (SSSR count). The van der Waals surface area contributed by atoms with Crippen LogP contribution >= 0.6 is 7.82 Å². The third-order valence-electron chi connectivity index (χ3n) is 0. The van der Waals surface area contributed by atoms with E-state index >= 15 is 0 Å². The molecule has 0 unspecified atom stereocenters. The molecule has 0 aromatic heterocycles. The van der Waals surface area contributed by atoms with Crippen molar-refractivity contribution in [3.63, 3.8) is 0 Å². The molecule has 0 aliphatic rings. The van der Waals surface area contributed by atoms with Gasteiger partial charge in [0, 0.05) is 39.4 Å². The maximum atomic E-state index is 8.88. The fourth-order valence-electron chi connectivity index (χ4n) is 0. The predicted octanol–water partition coefficient (Wildman–Crippen LogP) is -1.58. The van der Waals surface area contributed by atoms with Crippen LogP contribution in [-0.2, 0) is 44.0 Å². The van der Waals surface area contributed by atoms with Gasteiger partial charge in [0.2, 0.25) is 0 Å². The van der Waals surface area contributed by atoms with E-state index in [0.29, 0.717) is 0 Å². The summed E-state index contributed by atoms with van der Waals surface area (Å²) >= 11 is 0. The summed E-state index contributed by atoms with van der Waals surface area (Å²) < 4.78 is 8.88. The molecule has 0 saturated carbocycles. The van der Waals surface area contributed by atoms with E-state index in [1.54, 1.807) is 0 Å². The zero-order valence-corrected chi connectivity index (χ0v) is 6.33. The zero-order chi connectivity index (χ0) is 4.50. The number of phosphoric acid groups is 1. The average Bonchev–Trinajstić information content (AvgIpc) is 0.722. The Bertz CT molecular complexity index is 62.2. The third kappa shape index (κ3) is 99.9. The second kappa shape index (κ2) is 8.97. The standard InChI is InChI=1S/Ag.Fe.Li.H3O4P.H/c;;;1-5(2,3)4;/h;;;(H3,1,2,3,4);. The second-order valence-electron chi connectivity index (χ2n) is 0.513. The SMILES string of the molecule is O=P(O)(O)O.[Ag].[Fe].[LiH]. The molecule has 0 spiro atoms. The van der Waals surface area contributed by atoms with Gasteiger partial charge in [0.15, 0.2) is 0 Å². The number of hydrogen-bond donors (Lipinski definition) is 3. The molecule has 1 radical (unpaired) electrons. The van der Waals surface area contributed by atoms with Gasteiger partial charge in [-0.3, -0.25) is 0 Å². The van der Waals surface area contributed by atoms with Crippen LogP contribution in [0, 0.1) is 0 Å². The molecule has 0 bridgehead atoms. The van der Waals surface area contributed by atoms with Crippen LogP contribution in [0.3, 0.4) is 0 Å². The van der Waals surface area contributed by atoms with Gasteiger partial charge < -0.3 is 14.7 Å². The van der Waals surface area contributed by atoms with Gasteiger partial charge in [0.1, 0.15) is 0 Å². The van der Waals surface area contributed by atoms with Gasteiger partial charge in [-0.1, -0.05) is 0 Å². The molecule has 8 heavy (non-hydrogen) atoms. The molecule has 0 saturated heterocycles. The second-order valence-corrected chi connectivity index (χ2v) is 1.54. The van der Waals surface area contributed by atoms with Crippen LogP contribution in [0.15, 0.2) is 0 Å². The molecule has 3 N–H and O–H groups in total. The summed E-state index contributed by atoms with van der Waals surface area (Å²) in [6, 6.07) is 0. The van der Waals surface area contributed by atoms with E-state index in [1.807, 2.05) is 0 Å². The van der Waals surface area contributed by atoms with E-state index in [1.165, 1.54) is 0 Å². The van der Waals surface area contributed by atoms with Crippen LogP contribution in [0.1, 0.15) is 0 Å². The van der Waals surface area contributed by atoms with Gasteiger partial charge in [-0.25, -0.2) is 4.57 Å². The van der Waals surface area contributed by atoms with Gasteiger partial charge >= 0.3 is 26.7 Å². The number of rotatable bonds is 0. The van der Waals surface area contributed by atoms with Gasteiger partial charge in [0.25, 0.3) is 0 Å². The summed E-state index contributed by atoms with van der Waals surface area (Å²) in [5.74, 6) is 0. The van der Waals surface area contributed by atoms with Gasteiger partial charge in [-0.05, 0) is 0 Å². The van der Waals surface area contributed by atoms with Crippen LogP contribution in [0.4, 0.5) is 0 Å². The Morgan fingerprint density at radius 2 is 1.12 bits per heavy atom. The molecule has 4 nitrogen and oxygen atoms in total. The normalized spacial score (nSPS) is 7.38. The van der Waals surface area contributed by atoms with Crippen LogP contribution in [-0.4, -0.2) is 33.5 Å².